The quantitative estimate of drug-likeness (QED) is 0.677. The molecule has 0 bridgehead atoms. The normalized spacial score (nSPS) is 23.6. The molecule has 1 N–H and O–H groups in total. The second-order valence-electron chi connectivity index (χ2n) is 9.28. The molecule has 2 saturated heterocycles. The van der Waals surface area contributed by atoms with E-state index in [9.17, 15) is 14.4 Å². The van der Waals surface area contributed by atoms with Gasteiger partial charge in [0.2, 0.25) is 22.9 Å². The highest BCUT2D eigenvalue weighted by atomic mass is 32.1. The number of benzene rings is 1. The number of nitrogens with one attached hydrogen (secondary N) is 1. The first kappa shape index (κ1) is 22.8. The van der Waals surface area contributed by atoms with Gasteiger partial charge in [0.25, 0.3) is 0 Å². The van der Waals surface area contributed by atoms with Gasteiger partial charge in [-0.2, -0.15) is 0 Å². The first-order chi connectivity index (χ1) is 16.5. The van der Waals surface area contributed by atoms with Crippen LogP contribution in [-0.4, -0.2) is 59.1 Å². The smallest absolute Gasteiger partial charge is 0.231 e. The zero-order chi connectivity index (χ0) is 23.7. The third-order valence-corrected chi connectivity index (χ3v) is 8.08. The number of carbonyl (C=O) groups is 3. The van der Waals surface area contributed by atoms with Crippen LogP contribution in [0.5, 0.6) is 5.75 Å². The van der Waals surface area contributed by atoms with E-state index in [1.54, 1.807) is 12.0 Å². The Morgan fingerprint density at radius 3 is 2.53 bits per heavy atom. The summed E-state index contributed by atoms with van der Waals surface area (Å²) < 4.78 is 5.19. The number of aromatic nitrogens is 2. The summed E-state index contributed by atoms with van der Waals surface area (Å²) in [6.45, 7) is 0.996. The maximum absolute atomic E-state index is 12.8. The lowest BCUT2D eigenvalue weighted by Crippen LogP contribution is -2.38. The monoisotopic (exact) mass is 483 g/mol. The maximum Gasteiger partial charge on any atom is 0.231 e. The molecule has 2 atom stereocenters. The van der Waals surface area contributed by atoms with Gasteiger partial charge in [-0.3, -0.25) is 14.4 Å². The minimum absolute atomic E-state index is 0.0308. The summed E-state index contributed by atoms with van der Waals surface area (Å²) in [5.74, 6) is 0.225. The van der Waals surface area contributed by atoms with Crippen LogP contribution < -0.4 is 15.0 Å². The average Bonchev–Trinajstić information content (AvgIpc) is 3.58. The number of nitrogens with zero attached hydrogens (tertiary/aromatic N) is 4. The van der Waals surface area contributed by atoms with Crippen molar-refractivity contribution in [3.05, 3.63) is 29.3 Å². The van der Waals surface area contributed by atoms with Crippen molar-refractivity contribution in [2.45, 2.75) is 56.9 Å². The fraction of sp³-hybridized carbons (Fsp3) is 0.542. The Morgan fingerprint density at radius 1 is 1.03 bits per heavy atom. The van der Waals surface area contributed by atoms with Crippen molar-refractivity contribution in [1.29, 1.82) is 0 Å². The minimum atomic E-state index is -0.361. The maximum atomic E-state index is 12.8. The average molecular weight is 484 g/mol. The second-order valence-corrected chi connectivity index (χ2v) is 10.3. The van der Waals surface area contributed by atoms with Gasteiger partial charge in [-0.25, -0.2) is 0 Å². The van der Waals surface area contributed by atoms with E-state index in [0.717, 1.165) is 42.1 Å². The molecule has 3 aliphatic rings. The SMILES string of the molecule is COc1ccc(N2CC(c3nnc(NC(=O)C4CC(=O)N(C5CCCCC5)C4)s3)CC2=O)cc1. The van der Waals surface area contributed by atoms with Gasteiger partial charge in [-0.05, 0) is 37.1 Å². The molecule has 1 saturated carbocycles. The van der Waals surface area contributed by atoms with E-state index in [2.05, 4.69) is 15.5 Å². The molecular formula is C24H29N5O4S. The number of ether oxygens (including phenoxy) is 1. The van der Waals surface area contributed by atoms with Crippen LogP contribution in [0.25, 0.3) is 0 Å². The van der Waals surface area contributed by atoms with Crippen molar-refractivity contribution in [3.8, 4) is 5.75 Å². The fourth-order valence-corrected chi connectivity index (χ4v) is 6.03. The number of anilines is 2. The summed E-state index contributed by atoms with van der Waals surface area (Å²) >= 11 is 1.30. The molecule has 3 heterocycles. The van der Waals surface area contributed by atoms with E-state index in [1.165, 1.54) is 17.8 Å². The molecule has 3 fully saturated rings. The van der Waals surface area contributed by atoms with Gasteiger partial charge >= 0.3 is 0 Å². The Morgan fingerprint density at radius 2 is 1.79 bits per heavy atom. The lowest BCUT2D eigenvalue weighted by Gasteiger charge is -2.31. The van der Waals surface area contributed by atoms with Crippen LogP contribution in [0.2, 0.25) is 0 Å². The van der Waals surface area contributed by atoms with E-state index >= 15 is 0 Å². The van der Waals surface area contributed by atoms with Crippen LogP contribution in [0.4, 0.5) is 10.8 Å². The third-order valence-electron chi connectivity index (χ3n) is 7.07. The van der Waals surface area contributed by atoms with Crippen LogP contribution in [-0.2, 0) is 14.4 Å². The molecule has 9 nitrogen and oxygen atoms in total. The molecule has 2 unspecified atom stereocenters. The molecule has 2 aromatic rings. The van der Waals surface area contributed by atoms with Crippen molar-refractivity contribution in [2.75, 3.05) is 30.4 Å². The highest BCUT2D eigenvalue weighted by molar-refractivity contribution is 7.15. The van der Waals surface area contributed by atoms with E-state index in [4.69, 9.17) is 4.74 Å². The molecule has 5 rings (SSSR count). The summed E-state index contributed by atoms with van der Waals surface area (Å²) in [4.78, 5) is 41.6. The summed E-state index contributed by atoms with van der Waals surface area (Å²) in [6, 6.07) is 7.67. The van der Waals surface area contributed by atoms with Gasteiger partial charge < -0.3 is 19.9 Å². The number of hydrogen-bond acceptors (Lipinski definition) is 7. The van der Waals surface area contributed by atoms with Crippen molar-refractivity contribution < 1.29 is 19.1 Å². The van der Waals surface area contributed by atoms with Crippen molar-refractivity contribution in [1.82, 2.24) is 15.1 Å². The van der Waals surface area contributed by atoms with Crippen molar-refractivity contribution in [2.24, 2.45) is 5.92 Å². The molecule has 1 aliphatic carbocycles. The summed E-state index contributed by atoms with van der Waals surface area (Å²) in [7, 11) is 1.61. The summed E-state index contributed by atoms with van der Waals surface area (Å²) in [5, 5.41) is 12.4. The molecule has 10 heteroatoms. The Hall–Kier alpha value is -3.01. The molecule has 2 aliphatic heterocycles. The van der Waals surface area contributed by atoms with E-state index < -0.39 is 0 Å². The van der Waals surface area contributed by atoms with Gasteiger partial charge in [0.15, 0.2) is 0 Å². The largest absolute Gasteiger partial charge is 0.497 e. The Kier molecular flexibility index (Phi) is 6.49. The van der Waals surface area contributed by atoms with Gasteiger partial charge in [0.05, 0.1) is 13.0 Å². The van der Waals surface area contributed by atoms with Gasteiger partial charge in [0, 0.05) is 43.6 Å². The number of rotatable bonds is 6. The third kappa shape index (κ3) is 4.64. The second kappa shape index (κ2) is 9.69. The zero-order valence-electron chi connectivity index (χ0n) is 19.2. The standard InChI is InChI=1S/C24H29N5O4S/c1-33-19-9-7-18(8-10-19)29-14-16(12-21(29)31)23-26-27-24(34-23)25-22(32)15-11-20(30)28(13-15)17-5-3-2-4-6-17/h7-10,15-17H,2-6,11-14H2,1H3,(H,25,27,32). The predicted molar refractivity (Wildman–Crippen MR) is 128 cm³/mol. The van der Waals surface area contributed by atoms with Gasteiger partial charge in [-0.1, -0.05) is 30.6 Å². The summed E-state index contributed by atoms with van der Waals surface area (Å²) in [6.07, 6.45) is 6.20. The van der Waals surface area contributed by atoms with Crippen molar-refractivity contribution in [3.63, 3.8) is 0 Å². The predicted octanol–water partition coefficient (Wildman–Crippen LogP) is 3.19. The summed E-state index contributed by atoms with van der Waals surface area (Å²) in [5.41, 5.74) is 0.819. The molecular weight excluding hydrogens is 454 g/mol. The van der Waals surface area contributed by atoms with Crippen LogP contribution in [0.15, 0.2) is 24.3 Å². The van der Waals surface area contributed by atoms with E-state index in [1.807, 2.05) is 29.2 Å². The number of carbonyl (C=O) groups excluding carboxylic acids is 3. The van der Waals surface area contributed by atoms with Gasteiger partial charge in [-0.15, -0.1) is 10.2 Å². The molecule has 180 valence electrons. The topological polar surface area (TPSA) is 105 Å². The van der Waals surface area contributed by atoms with E-state index in [0.29, 0.717) is 24.6 Å². The highest BCUT2D eigenvalue weighted by Gasteiger charge is 2.39. The molecule has 0 spiro atoms. The molecule has 34 heavy (non-hydrogen) atoms. The number of methoxy groups -OCH3 is 1. The zero-order valence-corrected chi connectivity index (χ0v) is 20.1. The number of hydrogen-bond donors (Lipinski definition) is 1. The lowest BCUT2D eigenvalue weighted by atomic mass is 9.94. The highest BCUT2D eigenvalue weighted by Crippen LogP contribution is 2.35. The van der Waals surface area contributed by atoms with Crippen LogP contribution >= 0.6 is 11.3 Å². The Balaban J connectivity index is 1.18. The van der Waals surface area contributed by atoms with Gasteiger partial charge in [0.1, 0.15) is 10.8 Å². The first-order valence-corrected chi connectivity index (χ1v) is 12.7. The molecule has 1 aromatic carbocycles. The molecule has 0 radical (unpaired) electrons. The number of likely N-dealkylation sites (tertiary alicyclic amines) is 1. The Bertz CT molecular complexity index is 1070. The first-order valence-electron chi connectivity index (χ1n) is 11.9. The molecule has 3 amide bonds. The van der Waals surface area contributed by atoms with E-state index in [-0.39, 0.29) is 42.0 Å². The van der Waals surface area contributed by atoms with Crippen LogP contribution in [0.1, 0.15) is 55.9 Å². The van der Waals surface area contributed by atoms with Crippen LogP contribution in [0, 0.1) is 5.92 Å². The van der Waals surface area contributed by atoms with Crippen LogP contribution in [0.3, 0.4) is 0 Å². The molecule has 1 aromatic heterocycles. The number of amides is 3. The fourth-order valence-electron chi connectivity index (χ4n) is 5.20. The van der Waals surface area contributed by atoms with Crippen molar-refractivity contribution >= 4 is 39.9 Å². The minimum Gasteiger partial charge on any atom is -0.497 e. The Labute approximate surface area is 202 Å². The lowest BCUT2D eigenvalue weighted by molar-refractivity contribution is -0.130.